The number of rotatable bonds is 4. The molecule has 0 bridgehead atoms. The fourth-order valence-corrected chi connectivity index (χ4v) is 2.84. The van der Waals surface area contributed by atoms with Crippen LogP contribution in [0.5, 0.6) is 0 Å². The van der Waals surface area contributed by atoms with Crippen molar-refractivity contribution in [2.75, 3.05) is 0 Å². The number of hydrogen-bond donors (Lipinski definition) is 2. The Morgan fingerprint density at radius 3 is 2.56 bits per heavy atom. The molecule has 0 spiro atoms. The first-order chi connectivity index (χ1) is 7.79. The van der Waals surface area contributed by atoms with Crippen LogP contribution in [0.1, 0.15) is 63.6 Å². The molecule has 0 amide bonds. The van der Waals surface area contributed by atoms with Gasteiger partial charge in [-0.15, -0.1) is 0 Å². The number of hydrogen-bond acceptors (Lipinski definition) is 2. The second kappa shape index (κ2) is 5.62. The summed E-state index contributed by atoms with van der Waals surface area (Å²) in [5, 5.41) is 5.98. The summed E-state index contributed by atoms with van der Waals surface area (Å²) < 4.78 is 0.586. The number of H-pyrrole nitrogens is 2. The lowest BCUT2D eigenvalue weighted by atomic mass is 9.79. The van der Waals surface area contributed by atoms with Crippen LogP contribution in [0.4, 0.5) is 0 Å². The Bertz CT molecular complexity index is 360. The molecule has 1 saturated carbocycles. The fourth-order valence-electron chi connectivity index (χ4n) is 2.69. The van der Waals surface area contributed by atoms with Crippen molar-refractivity contribution in [1.29, 1.82) is 0 Å². The van der Waals surface area contributed by atoms with Gasteiger partial charge in [-0.25, -0.2) is 4.98 Å². The molecule has 16 heavy (non-hydrogen) atoms. The molecular weight excluding hydrogens is 218 g/mol. The third-order valence-corrected chi connectivity index (χ3v) is 3.91. The quantitative estimate of drug-likeness (QED) is 0.782. The molecule has 1 heterocycles. The summed E-state index contributed by atoms with van der Waals surface area (Å²) in [7, 11) is 0. The largest absolute Gasteiger partial charge is 0.285 e. The van der Waals surface area contributed by atoms with E-state index < -0.39 is 0 Å². The summed E-state index contributed by atoms with van der Waals surface area (Å²) in [6.45, 7) is 2.27. The van der Waals surface area contributed by atoms with E-state index in [1.807, 2.05) is 0 Å². The number of unbranched alkanes of at least 4 members (excludes halogenated alkanes) is 1. The number of nitrogens with zero attached hydrogens (tertiary/aromatic N) is 1. The molecule has 0 atom stereocenters. The Morgan fingerprint density at radius 1 is 1.25 bits per heavy atom. The molecule has 0 radical (unpaired) electrons. The summed E-state index contributed by atoms with van der Waals surface area (Å²) in [5.41, 5.74) is 0. The first-order valence-electron chi connectivity index (χ1n) is 6.44. The van der Waals surface area contributed by atoms with E-state index in [9.17, 15) is 0 Å². The van der Waals surface area contributed by atoms with Crippen molar-refractivity contribution in [2.24, 2.45) is 5.92 Å². The van der Waals surface area contributed by atoms with Crippen LogP contribution in [0, 0.1) is 10.7 Å². The van der Waals surface area contributed by atoms with E-state index in [1.165, 1.54) is 44.9 Å². The topological polar surface area (TPSA) is 44.5 Å². The van der Waals surface area contributed by atoms with Crippen molar-refractivity contribution < 1.29 is 0 Å². The summed E-state index contributed by atoms with van der Waals surface area (Å²) in [6, 6.07) is 0. The van der Waals surface area contributed by atoms with Gasteiger partial charge in [-0.2, -0.15) is 0 Å². The van der Waals surface area contributed by atoms with E-state index >= 15 is 0 Å². The highest BCUT2D eigenvalue weighted by atomic mass is 32.1. The van der Waals surface area contributed by atoms with Crippen molar-refractivity contribution in [1.82, 2.24) is 15.2 Å². The van der Waals surface area contributed by atoms with E-state index in [1.54, 1.807) is 0 Å². The van der Waals surface area contributed by atoms with Crippen LogP contribution >= 0.6 is 12.2 Å². The van der Waals surface area contributed by atoms with Crippen LogP contribution in [0.2, 0.25) is 0 Å². The molecule has 1 aromatic rings. The predicted molar refractivity (Wildman–Crippen MR) is 68.0 cm³/mol. The van der Waals surface area contributed by atoms with Crippen LogP contribution < -0.4 is 0 Å². The minimum absolute atomic E-state index is 0.586. The fraction of sp³-hybridized carbons (Fsp3) is 0.833. The van der Waals surface area contributed by atoms with Gasteiger partial charge in [0.2, 0.25) is 4.77 Å². The van der Waals surface area contributed by atoms with Crippen LogP contribution in [0.15, 0.2) is 0 Å². The summed E-state index contributed by atoms with van der Waals surface area (Å²) in [5.74, 6) is 2.63. The third kappa shape index (κ3) is 2.94. The molecule has 1 aliphatic rings. The first-order valence-corrected chi connectivity index (χ1v) is 6.85. The molecule has 1 aliphatic carbocycles. The second-order valence-corrected chi connectivity index (χ2v) is 5.30. The molecule has 0 unspecified atom stereocenters. The Hall–Kier alpha value is -0.640. The average molecular weight is 239 g/mol. The van der Waals surface area contributed by atoms with E-state index in [-0.39, 0.29) is 0 Å². The highest BCUT2D eigenvalue weighted by molar-refractivity contribution is 7.71. The zero-order valence-electron chi connectivity index (χ0n) is 9.96. The normalized spacial score (nSPS) is 25.8. The lowest BCUT2D eigenvalue weighted by Gasteiger charge is -2.27. The molecule has 4 heteroatoms. The molecule has 90 valence electrons. The zero-order valence-corrected chi connectivity index (χ0v) is 10.8. The predicted octanol–water partition coefficient (Wildman–Crippen LogP) is 3.93. The maximum absolute atomic E-state index is 4.98. The SMILES string of the molecule is CCCCC1CCC(c2nc(=S)[nH][nH]2)CC1. The average Bonchev–Trinajstić information content (AvgIpc) is 2.74. The monoisotopic (exact) mass is 239 g/mol. The van der Waals surface area contributed by atoms with Gasteiger partial charge >= 0.3 is 0 Å². The van der Waals surface area contributed by atoms with Gasteiger partial charge in [-0.3, -0.25) is 10.2 Å². The maximum Gasteiger partial charge on any atom is 0.213 e. The van der Waals surface area contributed by atoms with Crippen molar-refractivity contribution in [3.63, 3.8) is 0 Å². The minimum atomic E-state index is 0.586. The summed E-state index contributed by atoms with van der Waals surface area (Å²) in [6.07, 6.45) is 9.39. The highest BCUT2D eigenvalue weighted by Crippen LogP contribution is 2.36. The molecule has 2 rings (SSSR count). The molecule has 1 aromatic heterocycles. The van der Waals surface area contributed by atoms with Gasteiger partial charge < -0.3 is 0 Å². The molecule has 3 nitrogen and oxygen atoms in total. The molecule has 0 aliphatic heterocycles. The van der Waals surface area contributed by atoms with Gasteiger partial charge in [0.1, 0.15) is 5.82 Å². The lowest BCUT2D eigenvalue weighted by molar-refractivity contribution is 0.299. The van der Waals surface area contributed by atoms with Crippen LogP contribution in [-0.2, 0) is 0 Å². The molecule has 2 N–H and O–H groups in total. The van der Waals surface area contributed by atoms with Crippen molar-refractivity contribution in [2.45, 2.75) is 57.8 Å². The van der Waals surface area contributed by atoms with E-state index in [2.05, 4.69) is 22.1 Å². The van der Waals surface area contributed by atoms with Gasteiger partial charge in [0.15, 0.2) is 0 Å². The highest BCUT2D eigenvalue weighted by Gasteiger charge is 2.23. The van der Waals surface area contributed by atoms with E-state index in [4.69, 9.17) is 12.2 Å². The van der Waals surface area contributed by atoms with Gasteiger partial charge in [-0.05, 0) is 43.8 Å². The Kier molecular flexibility index (Phi) is 4.16. The van der Waals surface area contributed by atoms with Crippen LogP contribution in [-0.4, -0.2) is 15.2 Å². The van der Waals surface area contributed by atoms with Crippen LogP contribution in [0.3, 0.4) is 0 Å². The number of aromatic amines is 2. The van der Waals surface area contributed by atoms with Gasteiger partial charge in [0, 0.05) is 5.92 Å². The Morgan fingerprint density at radius 2 is 2.00 bits per heavy atom. The van der Waals surface area contributed by atoms with Crippen molar-refractivity contribution >= 4 is 12.2 Å². The molecule has 0 saturated heterocycles. The third-order valence-electron chi connectivity index (χ3n) is 3.72. The van der Waals surface area contributed by atoms with E-state index in [0.717, 1.165) is 11.7 Å². The molecular formula is C12H21N3S. The van der Waals surface area contributed by atoms with Crippen molar-refractivity contribution in [3.05, 3.63) is 10.6 Å². The van der Waals surface area contributed by atoms with Gasteiger partial charge in [-0.1, -0.05) is 26.2 Å². The Balaban J connectivity index is 1.83. The summed E-state index contributed by atoms with van der Waals surface area (Å²) >= 11 is 4.98. The minimum Gasteiger partial charge on any atom is -0.285 e. The lowest BCUT2D eigenvalue weighted by Crippen LogP contribution is -2.14. The van der Waals surface area contributed by atoms with Gasteiger partial charge in [0.05, 0.1) is 0 Å². The van der Waals surface area contributed by atoms with Crippen LogP contribution in [0.25, 0.3) is 0 Å². The zero-order chi connectivity index (χ0) is 11.4. The number of aromatic nitrogens is 3. The standard InChI is InChI=1S/C12H21N3S/c1-2-3-4-9-5-7-10(8-6-9)11-13-12(16)15-14-11/h9-10H,2-8H2,1H3,(H2,13,14,15,16). The number of nitrogens with one attached hydrogen (secondary N) is 2. The second-order valence-electron chi connectivity index (χ2n) is 4.91. The van der Waals surface area contributed by atoms with Gasteiger partial charge in [0.25, 0.3) is 0 Å². The smallest absolute Gasteiger partial charge is 0.213 e. The first kappa shape index (κ1) is 11.8. The molecule has 0 aromatic carbocycles. The van der Waals surface area contributed by atoms with E-state index in [0.29, 0.717) is 10.7 Å². The Labute approximate surface area is 102 Å². The van der Waals surface area contributed by atoms with Crippen molar-refractivity contribution in [3.8, 4) is 0 Å². The molecule has 1 fully saturated rings. The summed E-state index contributed by atoms with van der Waals surface area (Å²) in [4.78, 5) is 4.33. The maximum atomic E-state index is 4.98.